The molecule has 1 atom stereocenters. The van der Waals surface area contributed by atoms with Crippen molar-refractivity contribution in [3.05, 3.63) is 12.2 Å². The van der Waals surface area contributed by atoms with E-state index in [1.165, 1.54) is 12.0 Å². The Kier molecular flexibility index (Phi) is 1.70. The molecule has 1 aliphatic carbocycles. The van der Waals surface area contributed by atoms with Crippen molar-refractivity contribution in [1.29, 1.82) is 0 Å². The third-order valence-corrected chi connectivity index (χ3v) is 4.09. The average molecular weight is 152 g/mol. The summed E-state index contributed by atoms with van der Waals surface area (Å²) in [6.45, 7) is 15.7. The third-order valence-electron chi connectivity index (χ3n) is 4.09. The summed E-state index contributed by atoms with van der Waals surface area (Å²) in [5.41, 5.74) is 2.29. The molecule has 0 amide bonds. The molecular weight excluding hydrogens is 132 g/mol. The van der Waals surface area contributed by atoms with Crippen molar-refractivity contribution >= 4 is 0 Å². The van der Waals surface area contributed by atoms with Gasteiger partial charge >= 0.3 is 0 Å². The normalized spacial score (nSPS) is 31.3. The summed E-state index contributed by atoms with van der Waals surface area (Å²) in [7, 11) is 0. The molecule has 0 bridgehead atoms. The van der Waals surface area contributed by atoms with Crippen molar-refractivity contribution in [2.45, 2.75) is 41.0 Å². The van der Waals surface area contributed by atoms with E-state index in [0.29, 0.717) is 10.8 Å². The summed E-state index contributed by atoms with van der Waals surface area (Å²) < 4.78 is 0. The van der Waals surface area contributed by atoms with Gasteiger partial charge in [0.1, 0.15) is 0 Å². The van der Waals surface area contributed by atoms with Gasteiger partial charge < -0.3 is 0 Å². The van der Waals surface area contributed by atoms with Crippen LogP contribution in [0.4, 0.5) is 0 Å². The van der Waals surface area contributed by atoms with Crippen molar-refractivity contribution in [3.63, 3.8) is 0 Å². The smallest absolute Gasteiger partial charge is 0.00280 e. The van der Waals surface area contributed by atoms with E-state index in [-0.39, 0.29) is 0 Å². The fourth-order valence-corrected chi connectivity index (χ4v) is 1.70. The van der Waals surface area contributed by atoms with Crippen LogP contribution in [0.5, 0.6) is 0 Å². The maximum atomic E-state index is 4.07. The van der Waals surface area contributed by atoms with E-state index in [1.807, 2.05) is 0 Å². The van der Waals surface area contributed by atoms with Crippen LogP contribution < -0.4 is 0 Å². The summed E-state index contributed by atoms with van der Waals surface area (Å²) in [5.74, 6) is 0.742. The second-order valence-corrected chi connectivity index (χ2v) is 4.99. The van der Waals surface area contributed by atoms with Crippen molar-refractivity contribution < 1.29 is 0 Å². The van der Waals surface area contributed by atoms with E-state index >= 15 is 0 Å². The van der Waals surface area contributed by atoms with Gasteiger partial charge in [0.2, 0.25) is 0 Å². The Labute approximate surface area is 70.7 Å². The highest BCUT2D eigenvalue weighted by Gasteiger charge is 2.54. The summed E-state index contributed by atoms with van der Waals surface area (Å²) in [6, 6.07) is 0. The highest BCUT2D eigenvalue weighted by atomic mass is 14.6. The molecule has 0 N–H and O–H groups in total. The fraction of sp³-hybridized carbons (Fsp3) is 0.818. The van der Waals surface area contributed by atoms with E-state index in [1.54, 1.807) is 0 Å². The maximum Gasteiger partial charge on any atom is -0.00280 e. The number of hydrogen-bond donors (Lipinski definition) is 0. The first-order valence-corrected chi connectivity index (χ1v) is 4.50. The molecule has 0 aromatic carbocycles. The van der Waals surface area contributed by atoms with Gasteiger partial charge in [0.15, 0.2) is 0 Å². The van der Waals surface area contributed by atoms with Crippen LogP contribution in [-0.2, 0) is 0 Å². The zero-order chi connectivity index (χ0) is 8.86. The predicted octanol–water partition coefficient (Wildman–Crippen LogP) is 3.63. The van der Waals surface area contributed by atoms with E-state index in [4.69, 9.17) is 0 Å². The van der Waals surface area contributed by atoms with Gasteiger partial charge in [-0.1, -0.05) is 46.8 Å². The molecule has 0 spiro atoms. The molecule has 0 radical (unpaired) electrons. The summed E-state index contributed by atoms with van der Waals surface area (Å²) in [4.78, 5) is 0. The lowest BCUT2D eigenvalue weighted by atomic mass is 9.69. The molecule has 0 heterocycles. The zero-order valence-corrected chi connectivity index (χ0v) is 8.49. The first kappa shape index (κ1) is 8.83. The Hall–Kier alpha value is -0.260. The maximum absolute atomic E-state index is 4.07. The average Bonchev–Trinajstić information content (AvgIpc) is 2.42. The van der Waals surface area contributed by atoms with Crippen LogP contribution in [0.2, 0.25) is 0 Å². The molecule has 0 nitrogen and oxygen atoms in total. The number of allylic oxidation sites excluding steroid dienone is 1. The molecule has 1 rings (SSSR count). The van der Waals surface area contributed by atoms with Gasteiger partial charge in [-0.2, -0.15) is 0 Å². The lowest BCUT2D eigenvalue weighted by Crippen LogP contribution is -2.29. The minimum atomic E-state index is 0.421. The van der Waals surface area contributed by atoms with Gasteiger partial charge in [-0.3, -0.25) is 0 Å². The minimum Gasteiger partial charge on any atom is -0.0992 e. The molecule has 0 aliphatic heterocycles. The van der Waals surface area contributed by atoms with Crippen LogP contribution in [0.25, 0.3) is 0 Å². The van der Waals surface area contributed by atoms with Crippen LogP contribution in [0.3, 0.4) is 0 Å². The van der Waals surface area contributed by atoms with Gasteiger partial charge in [-0.25, -0.2) is 0 Å². The summed E-state index contributed by atoms with van der Waals surface area (Å²) >= 11 is 0. The second-order valence-electron chi connectivity index (χ2n) is 4.99. The second kappa shape index (κ2) is 2.12. The minimum absolute atomic E-state index is 0.421. The summed E-state index contributed by atoms with van der Waals surface area (Å²) in [6.07, 6.45) is 1.23. The third kappa shape index (κ3) is 1.04. The number of hydrogen-bond acceptors (Lipinski definition) is 0. The quantitative estimate of drug-likeness (QED) is 0.530. The largest absolute Gasteiger partial charge is 0.0992 e. The zero-order valence-electron chi connectivity index (χ0n) is 8.49. The molecule has 0 saturated heterocycles. The van der Waals surface area contributed by atoms with Gasteiger partial charge in [0.25, 0.3) is 0 Å². The Balaban J connectivity index is 2.82. The molecule has 11 heavy (non-hydrogen) atoms. The first-order chi connectivity index (χ1) is 4.82. The van der Waals surface area contributed by atoms with Crippen molar-refractivity contribution in [3.8, 4) is 0 Å². The first-order valence-electron chi connectivity index (χ1n) is 4.50. The highest BCUT2D eigenvalue weighted by molar-refractivity contribution is 5.32. The Morgan fingerprint density at radius 2 is 1.82 bits per heavy atom. The van der Waals surface area contributed by atoms with E-state index in [0.717, 1.165) is 5.92 Å². The lowest BCUT2D eigenvalue weighted by molar-refractivity contribution is 0.142. The van der Waals surface area contributed by atoms with Crippen LogP contribution in [0, 0.1) is 16.7 Å². The Morgan fingerprint density at radius 3 is 1.91 bits per heavy atom. The SMILES string of the molecule is C=C1CC1(C)C(C)(C)C(C)C. The topological polar surface area (TPSA) is 0 Å². The monoisotopic (exact) mass is 152 g/mol. The molecule has 1 unspecified atom stereocenters. The molecule has 0 aromatic rings. The molecule has 1 fully saturated rings. The van der Waals surface area contributed by atoms with Gasteiger partial charge in [-0.15, -0.1) is 0 Å². The van der Waals surface area contributed by atoms with Crippen LogP contribution in [0.1, 0.15) is 41.0 Å². The molecule has 1 aliphatic rings. The van der Waals surface area contributed by atoms with E-state index < -0.39 is 0 Å². The van der Waals surface area contributed by atoms with Crippen LogP contribution in [-0.4, -0.2) is 0 Å². The predicted molar refractivity (Wildman–Crippen MR) is 50.5 cm³/mol. The van der Waals surface area contributed by atoms with E-state index in [9.17, 15) is 0 Å². The van der Waals surface area contributed by atoms with Crippen LogP contribution >= 0.6 is 0 Å². The molecule has 64 valence electrons. The van der Waals surface area contributed by atoms with Crippen molar-refractivity contribution in [1.82, 2.24) is 0 Å². The van der Waals surface area contributed by atoms with Gasteiger partial charge in [-0.05, 0) is 23.2 Å². The van der Waals surface area contributed by atoms with Gasteiger partial charge in [0.05, 0.1) is 0 Å². The van der Waals surface area contributed by atoms with E-state index in [2.05, 4.69) is 41.2 Å². The number of rotatable bonds is 2. The summed E-state index contributed by atoms with van der Waals surface area (Å²) in [5, 5.41) is 0. The Morgan fingerprint density at radius 1 is 1.45 bits per heavy atom. The van der Waals surface area contributed by atoms with Gasteiger partial charge in [0, 0.05) is 0 Å². The molecule has 0 aromatic heterocycles. The molecule has 0 heteroatoms. The highest BCUT2D eigenvalue weighted by Crippen LogP contribution is 2.64. The molecular formula is C11H20. The standard InChI is InChI=1S/C11H20/c1-8(2)10(4,5)11(6)7-9(11)3/h8H,3,7H2,1-2,4-6H3. The van der Waals surface area contributed by atoms with Crippen molar-refractivity contribution in [2.24, 2.45) is 16.7 Å². The Bertz CT molecular complexity index is 186. The van der Waals surface area contributed by atoms with Crippen LogP contribution in [0.15, 0.2) is 12.2 Å². The van der Waals surface area contributed by atoms with Crippen molar-refractivity contribution in [2.75, 3.05) is 0 Å². The lowest BCUT2D eigenvalue weighted by Gasteiger charge is -2.36. The molecule has 1 saturated carbocycles. The fourth-order valence-electron chi connectivity index (χ4n) is 1.70.